The van der Waals surface area contributed by atoms with Crippen LogP contribution < -0.4 is 10.6 Å². The lowest BCUT2D eigenvalue weighted by molar-refractivity contribution is -0.119. The van der Waals surface area contributed by atoms with Crippen LogP contribution >= 0.6 is 0 Å². The molecule has 1 amide bonds. The first-order valence-corrected chi connectivity index (χ1v) is 5.27. The maximum absolute atomic E-state index is 11.0. The summed E-state index contributed by atoms with van der Waals surface area (Å²) >= 11 is 0. The Labute approximate surface area is 94.3 Å². The lowest BCUT2D eigenvalue weighted by atomic mass is 10.1. The second-order valence-corrected chi connectivity index (χ2v) is 3.89. The number of hydrogen-bond acceptors (Lipinski definition) is 3. The molecule has 0 aliphatic carbocycles. The standard InChI is InChI=1S/C12H13N3O/c13-6-9-1-3-10(4-2-9)7-14-11-5-12(16)15-8-11/h1-4,11,14H,5,7-8H2,(H,15,16). The van der Waals surface area contributed by atoms with Gasteiger partial charge in [0.2, 0.25) is 5.91 Å². The SMILES string of the molecule is N#Cc1ccc(CNC2CNC(=O)C2)cc1. The van der Waals surface area contributed by atoms with Crippen molar-refractivity contribution in [1.82, 2.24) is 10.6 Å². The van der Waals surface area contributed by atoms with Gasteiger partial charge in [0.1, 0.15) is 0 Å². The number of nitrogens with zero attached hydrogens (tertiary/aromatic N) is 1. The van der Waals surface area contributed by atoms with Crippen molar-refractivity contribution in [3.63, 3.8) is 0 Å². The van der Waals surface area contributed by atoms with Crippen LogP contribution in [0.4, 0.5) is 0 Å². The summed E-state index contributed by atoms with van der Waals surface area (Å²) in [5.41, 5.74) is 1.79. The smallest absolute Gasteiger partial charge is 0.221 e. The highest BCUT2D eigenvalue weighted by Gasteiger charge is 2.20. The predicted octanol–water partition coefficient (Wildman–Crippen LogP) is 0.536. The highest BCUT2D eigenvalue weighted by atomic mass is 16.1. The summed E-state index contributed by atoms with van der Waals surface area (Å²) in [7, 11) is 0. The minimum Gasteiger partial charge on any atom is -0.354 e. The topological polar surface area (TPSA) is 64.9 Å². The van der Waals surface area contributed by atoms with Crippen LogP contribution in [0, 0.1) is 11.3 Å². The number of carbonyl (C=O) groups is 1. The third-order valence-electron chi connectivity index (χ3n) is 2.66. The van der Waals surface area contributed by atoms with Crippen molar-refractivity contribution < 1.29 is 4.79 Å². The van der Waals surface area contributed by atoms with E-state index in [1.807, 2.05) is 12.1 Å². The molecule has 82 valence electrons. The molecule has 2 rings (SSSR count). The third kappa shape index (κ3) is 2.59. The summed E-state index contributed by atoms with van der Waals surface area (Å²) in [5, 5.41) is 14.7. The highest BCUT2D eigenvalue weighted by molar-refractivity contribution is 5.78. The summed E-state index contributed by atoms with van der Waals surface area (Å²) in [5.74, 6) is 0.109. The maximum atomic E-state index is 11.0. The van der Waals surface area contributed by atoms with E-state index in [9.17, 15) is 4.79 Å². The van der Waals surface area contributed by atoms with Gasteiger partial charge in [-0.05, 0) is 17.7 Å². The molecule has 4 heteroatoms. The van der Waals surface area contributed by atoms with E-state index in [0.29, 0.717) is 18.5 Å². The first-order valence-electron chi connectivity index (χ1n) is 5.27. The molecule has 0 bridgehead atoms. The molecule has 1 aromatic rings. The van der Waals surface area contributed by atoms with Crippen LogP contribution in [0.15, 0.2) is 24.3 Å². The average molecular weight is 215 g/mol. The zero-order valence-electron chi connectivity index (χ0n) is 8.86. The Bertz CT molecular complexity index is 419. The van der Waals surface area contributed by atoms with E-state index in [1.54, 1.807) is 12.1 Å². The largest absolute Gasteiger partial charge is 0.354 e. The van der Waals surface area contributed by atoms with Crippen molar-refractivity contribution in [1.29, 1.82) is 5.26 Å². The zero-order chi connectivity index (χ0) is 11.4. The van der Waals surface area contributed by atoms with Crippen LogP contribution in [0.5, 0.6) is 0 Å². The first-order chi connectivity index (χ1) is 7.78. The van der Waals surface area contributed by atoms with Gasteiger partial charge < -0.3 is 10.6 Å². The number of hydrogen-bond donors (Lipinski definition) is 2. The maximum Gasteiger partial charge on any atom is 0.221 e. The molecule has 0 spiro atoms. The fraction of sp³-hybridized carbons (Fsp3) is 0.333. The summed E-state index contributed by atoms with van der Waals surface area (Å²) in [6.07, 6.45) is 0.552. The predicted molar refractivity (Wildman–Crippen MR) is 59.4 cm³/mol. The van der Waals surface area contributed by atoms with Gasteiger partial charge in [0, 0.05) is 25.6 Å². The van der Waals surface area contributed by atoms with E-state index in [1.165, 1.54) is 0 Å². The van der Waals surface area contributed by atoms with Gasteiger partial charge in [0.05, 0.1) is 11.6 Å². The second kappa shape index (κ2) is 4.77. The molecule has 1 aromatic carbocycles. The fourth-order valence-electron chi connectivity index (χ4n) is 1.71. The van der Waals surface area contributed by atoms with E-state index in [2.05, 4.69) is 16.7 Å². The molecule has 1 unspecified atom stereocenters. The summed E-state index contributed by atoms with van der Waals surface area (Å²) in [6.45, 7) is 1.43. The van der Waals surface area contributed by atoms with Crippen molar-refractivity contribution >= 4 is 5.91 Å². The molecule has 1 heterocycles. The molecule has 0 radical (unpaired) electrons. The molecular formula is C12H13N3O. The molecule has 1 aliphatic rings. The second-order valence-electron chi connectivity index (χ2n) is 3.89. The van der Waals surface area contributed by atoms with Gasteiger partial charge in [0.25, 0.3) is 0 Å². The summed E-state index contributed by atoms with van der Waals surface area (Å²) < 4.78 is 0. The van der Waals surface area contributed by atoms with Gasteiger partial charge in [-0.15, -0.1) is 0 Å². The lowest BCUT2D eigenvalue weighted by Gasteiger charge is -2.09. The van der Waals surface area contributed by atoms with Gasteiger partial charge in [0.15, 0.2) is 0 Å². The van der Waals surface area contributed by atoms with E-state index >= 15 is 0 Å². The number of carbonyl (C=O) groups excluding carboxylic acids is 1. The van der Waals surface area contributed by atoms with Gasteiger partial charge in [-0.2, -0.15) is 5.26 Å². The Balaban J connectivity index is 1.85. The molecule has 1 aliphatic heterocycles. The summed E-state index contributed by atoms with van der Waals surface area (Å²) in [6, 6.07) is 9.76. The Kier molecular flexibility index (Phi) is 3.18. The number of nitriles is 1. The molecule has 1 atom stereocenters. The molecule has 4 nitrogen and oxygen atoms in total. The number of benzene rings is 1. The lowest BCUT2D eigenvalue weighted by Crippen LogP contribution is -2.30. The Morgan fingerprint density at radius 2 is 2.19 bits per heavy atom. The molecule has 1 saturated heterocycles. The molecular weight excluding hydrogens is 202 g/mol. The van der Waals surface area contributed by atoms with Crippen LogP contribution in [-0.2, 0) is 11.3 Å². The van der Waals surface area contributed by atoms with Gasteiger partial charge in [-0.25, -0.2) is 0 Å². The normalized spacial score (nSPS) is 19.2. The van der Waals surface area contributed by atoms with Crippen molar-refractivity contribution in [2.75, 3.05) is 6.54 Å². The molecule has 0 aromatic heterocycles. The number of nitrogens with one attached hydrogen (secondary N) is 2. The van der Waals surface area contributed by atoms with Gasteiger partial charge in [-0.1, -0.05) is 12.1 Å². The Hall–Kier alpha value is -1.86. The minimum absolute atomic E-state index is 0.109. The van der Waals surface area contributed by atoms with Crippen molar-refractivity contribution in [3.05, 3.63) is 35.4 Å². The van der Waals surface area contributed by atoms with Crippen molar-refractivity contribution in [2.45, 2.75) is 19.0 Å². The Morgan fingerprint density at radius 3 is 2.75 bits per heavy atom. The highest BCUT2D eigenvalue weighted by Crippen LogP contribution is 2.05. The monoisotopic (exact) mass is 215 g/mol. The van der Waals surface area contributed by atoms with Crippen LogP contribution in [0.1, 0.15) is 17.5 Å². The van der Waals surface area contributed by atoms with Crippen molar-refractivity contribution in [3.8, 4) is 6.07 Å². The first kappa shape index (κ1) is 10.7. The van der Waals surface area contributed by atoms with Crippen LogP contribution in [0.25, 0.3) is 0 Å². The van der Waals surface area contributed by atoms with Gasteiger partial charge in [-0.3, -0.25) is 4.79 Å². The van der Waals surface area contributed by atoms with E-state index < -0.39 is 0 Å². The van der Waals surface area contributed by atoms with Gasteiger partial charge >= 0.3 is 0 Å². The molecule has 2 N–H and O–H groups in total. The molecule has 0 saturated carbocycles. The quantitative estimate of drug-likeness (QED) is 0.773. The number of amides is 1. The van der Waals surface area contributed by atoms with Crippen LogP contribution in [-0.4, -0.2) is 18.5 Å². The zero-order valence-corrected chi connectivity index (χ0v) is 8.86. The van der Waals surface area contributed by atoms with E-state index in [0.717, 1.165) is 12.1 Å². The Morgan fingerprint density at radius 1 is 1.44 bits per heavy atom. The van der Waals surface area contributed by atoms with E-state index in [-0.39, 0.29) is 11.9 Å². The number of rotatable bonds is 3. The average Bonchev–Trinajstić information content (AvgIpc) is 2.73. The van der Waals surface area contributed by atoms with Crippen molar-refractivity contribution in [2.24, 2.45) is 0 Å². The third-order valence-corrected chi connectivity index (χ3v) is 2.66. The summed E-state index contributed by atoms with van der Waals surface area (Å²) in [4.78, 5) is 11.0. The fourth-order valence-corrected chi connectivity index (χ4v) is 1.71. The molecule has 1 fully saturated rings. The minimum atomic E-state index is 0.109. The van der Waals surface area contributed by atoms with E-state index in [4.69, 9.17) is 5.26 Å². The van der Waals surface area contributed by atoms with Crippen LogP contribution in [0.3, 0.4) is 0 Å². The van der Waals surface area contributed by atoms with Crippen LogP contribution in [0.2, 0.25) is 0 Å². The molecule has 16 heavy (non-hydrogen) atoms.